The van der Waals surface area contributed by atoms with E-state index in [1.165, 1.54) is 0 Å². The molecule has 0 aliphatic rings. The molecule has 6 heavy (non-hydrogen) atoms. The van der Waals surface area contributed by atoms with E-state index in [1.807, 2.05) is 6.07 Å². The van der Waals surface area contributed by atoms with Crippen LogP contribution in [0.15, 0.2) is 22.8 Å². The van der Waals surface area contributed by atoms with Gasteiger partial charge in [-0.2, -0.15) is 0 Å². The molecule has 0 saturated heterocycles. The molecule has 0 spiro atoms. The molecule has 0 saturated carbocycles. The third kappa shape index (κ3) is 0.432. The summed E-state index contributed by atoms with van der Waals surface area (Å²) < 4.78 is 4.72. The summed E-state index contributed by atoms with van der Waals surface area (Å²) in [4.78, 5) is 0. The first kappa shape index (κ1) is 3.47. The Labute approximate surface area is 36.6 Å². The predicted octanol–water partition coefficient (Wildman–Crippen LogP) is 1.46. The van der Waals surface area contributed by atoms with Gasteiger partial charge in [0.15, 0.2) is 0 Å². The van der Waals surface area contributed by atoms with Crippen LogP contribution in [0.25, 0.3) is 0 Å². The molecule has 1 nitrogen and oxygen atoms in total. The van der Waals surface area contributed by atoms with E-state index in [1.54, 1.807) is 12.3 Å². The summed E-state index contributed by atoms with van der Waals surface area (Å²) in [7, 11) is 0. The van der Waals surface area contributed by atoms with E-state index in [0.717, 1.165) is 5.76 Å². The van der Waals surface area contributed by atoms with E-state index in [2.05, 4.69) is 6.92 Å². The Balaban J connectivity index is 3.05. The average molecular weight is 81.1 g/mol. The molecule has 0 amide bonds. The zero-order valence-electron chi connectivity index (χ0n) is 3.35. The third-order valence-electron chi connectivity index (χ3n) is 0.580. The Hall–Kier alpha value is -0.720. The summed E-state index contributed by atoms with van der Waals surface area (Å²) in [6.07, 6.45) is 1.60. The topological polar surface area (TPSA) is 13.1 Å². The first-order valence-corrected chi connectivity index (χ1v) is 1.75. The van der Waals surface area contributed by atoms with Crippen LogP contribution in [0.3, 0.4) is 0 Å². The monoisotopic (exact) mass is 81.0 g/mol. The van der Waals surface area contributed by atoms with Crippen molar-refractivity contribution in [3.8, 4) is 0 Å². The van der Waals surface area contributed by atoms with Gasteiger partial charge >= 0.3 is 0 Å². The largest absolute Gasteiger partial charge is 0.469 e. The fourth-order valence-electron chi connectivity index (χ4n) is 0.313. The summed E-state index contributed by atoms with van der Waals surface area (Å²) in [5, 5.41) is 0. The number of furan rings is 1. The SMILES string of the molecule is [CH2]c1ccco1. The van der Waals surface area contributed by atoms with Crippen molar-refractivity contribution in [2.75, 3.05) is 0 Å². The second-order valence-corrected chi connectivity index (χ2v) is 1.08. The van der Waals surface area contributed by atoms with Crippen LogP contribution in [0.2, 0.25) is 0 Å². The minimum absolute atomic E-state index is 0.718. The van der Waals surface area contributed by atoms with Gasteiger partial charge in [0, 0.05) is 6.92 Å². The lowest BCUT2D eigenvalue weighted by atomic mass is 10.5. The van der Waals surface area contributed by atoms with E-state index in [4.69, 9.17) is 4.42 Å². The molecule has 1 heteroatoms. The van der Waals surface area contributed by atoms with E-state index in [-0.39, 0.29) is 0 Å². The molecule has 0 aliphatic carbocycles. The lowest BCUT2D eigenvalue weighted by Crippen LogP contribution is -1.48. The maximum atomic E-state index is 4.72. The predicted molar refractivity (Wildman–Crippen MR) is 23.2 cm³/mol. The van der Waals surface area contributed by atoms with Crippen molar-refractivity contribution in [2.24, 2.45) is 0 Å². The highest BCUT2D eigenvalue weighted by Crippen LogP contribution is 1.93. The standard InChI is InChI=1S/C5H5O/c1-5-3-2-4-6-5/h2-4H,1H2. The summed E-state index contributed by atoms with van der Waals surface area (Å²) in [5.74, 6) is 0.718. The van der Waals surface area contributed by atoms with E-state index in [0.29, 0.717) is 0 Å². The van der Waals surface area contributed by atoms with Gasteiger partial charge in [0.2, 0.25) is 0 Å². The van der Waals surface area contributed by atoms with Gasteiger partial charge in [-0.05, 0) is 12.1 Å². The average Bonchev–Trinajstić information content (AvgIpc) is 1.86. The molecule has 0 atom stereocenters. The molecule has 0 unspecified atom stereocenters. The maximum absolute atomic E-state index is 4.72. The molecule has 1 radical (unpaired) electrons. The second-order valence-electron chi connectivity index (χ2n) is 1.08. The minimum Gasteiger partial charge on any atom is -0.469 e. The smallest absolute Gasteiger partial charge is 0.104 e. The van der Waals surface area contributed by atoms with Crippen molar-refractivity contribution < 1.29 is 4.42 Å². The summed E-state index contributed by atoms with van der Waals surface area (Å²) in [5.41, 5.74) is 0. The number of hydrogen-bond acceptors (Lipinski definition) is 1. The molecule has 1 aromatic heterocycles. The van der Waals surface area contributed by atoms with Gasteiger partial charge in [0.05, 0.1) is 6.26 Å². The molecule has 1 heterocycles. The first-order valence-electron chi connectivity index (χ1n) is 1.75. The Kier molecular flexibility index (Phi) is 0.675. The Bertz CT molecular complexity index is 107. The summed E-state index contributed by atoms with van der Waals surface area (Å²) in [6.45, 7) is 3.51. The van der Waals surface area contributed by atoms with Gasteiger partial charge < -0.3 is 4.42 Å². The van der Waals surface area contributed by atoms with Crippen LogP contribution < -0.4 is 0 Å². The molecule has 0 aromatic carbocycles. The van der Waals surface area contributed by atoms with Crippen molar-refractivity contribution in [3.63, 3.8) is 0 Å². The Morgan fingerprint density at radius 3 is 2.67 bits per heavy atom. The highest BCUT2D eigenvalue weighted by Gasteiger charge is 1.76. The zero-order valence-corrected chi connectivity index (χ0v) is 3.35. The first-order chi connectivity index (χ1) is 2.89. The van der Waals surface area contributed by atoms with Crippen LogP contribution in [0.1, 0.15) is 5.76 Å². The van der Waals surface area contributed by atoms with E-state index in [9.17, 15) is 0 Å². The molecule has 1 aromatic rings. The van der Waals surface area contributed by atoms with Gasteiger partial charge in [-0.15, -0.1) is 0 Å². The van der Waals surface area contributed by atoms with Crippen molar-refractivity contribution in [2.45, 2.75) is 0 Å². The highest BCUT2D eigenvalue weighted by molar-refractivity contribution is 5.00. The van der Waals surface area contributed by atoms with Crippen LogP contribution in [-0.2, 0) is 0 Å². The van der Waals surface area contributed by atoms with Gasteiger partial charge in [-0.25, -0.2) is 0 Å². The van der Waals surface area contributed by atoms with E-state index >= 15 is 0 Å². The normalized spacial score (nSPS) is 8.83. The van der Waals surface area contributed by atoms with Crippen molar-refractivity contribution >= 4 is 0 Å². The van der Waals surface area contributed by atoms with Crippen molar-refractivity contribution in [1.82, 2.24) is 0 Å². The van der Waals surface area contributed by atoms with Gasteiger partial charge in [-0.3, -0.25) is 0 Å². The fourth-order valence-corrected chi connectivity index (χ4v) is 0.313. The summed E-state index contributed by atoms with van der Waals surface area (Å²) in [6, 6.07) is 3.61. The van der Waals surface area contributed by atoms with Crippen LogP contribution >= 0.6 is 0 Å². The van der Waals surface area contributed by atoms with Crippen molar-refractivity contribution in [1.29, 1.82) is 0 Å². The van der Waals surface area contributed by atoms with Crippen molar-refractivity contribution in [3.05, 3.63) is 31.1 Å². The Morgan fingerprint density at radius 1 is 1.67 bits per heavy atom. The lowest BCUT2D eigenvalue weighted by molar-refractivity contribution is 0.549. The number of rotatable bonds is 0. The molecule has 0 N–H and O–H groups in total. The quantitative estimate of drug-likeness (QED) is 0.460. The van der Waals surface area contributed by atoms with Gasteiger partial charge in [0.25, 0.3) is 0 Å². The molecule has 0 fully saturated rings. The number of hydrogen-bond donors (Lipinski definition) is 0. The van der Waals surface area contributed by atoms with Crippen LogP contribution in [0, 0.1) is 6.92 Å². The molecular weight excluding hydrogens is 76.1 g/mol. The van der Waals surface area contributed by atoms with Crippen LogP contribution in [0.5, 0.6) is 0 Å². The van der Waals surface area contributed by atoms with Gasteiger partial charge in [-0.1, -0.05) is 0 Å². The second kappa shape index (κ2) is 1.17. The van der Waals surface area contributed by atoms with Crippen LogP contribution in [0.4, 0.5) is 0 Å². The minimum atomic E-state index is 0.718. The maximum Gasteiger partial charge on any atom is 0.104 e. The molecular formula is C5H5O. The lowest BCUT2D eigenvalue weighted by Gasteiger charge is -1.68. The van der Waals surface area contributed by atoms with Crippen LogP contribution in [-0.4, -0.2) is 0 Å². The third-order valence-corrected chi connectivity index (χ3v) is 0.580. The molecule has 31 valence electrons. The molecule has 0 aliphatic heterocycles. The zero-order chi connectivity index (χ0) is 4.41. The summed E-state index contributed by atoms with van der Waals surface area (Å²) >= 11 is 0. The molecule has 1 rings (SSSR count). The molecule has 0 bridgehead atoms. The highest BCUT2D eigenvalue weighted by atomic mass is 16.3. The van der Waals surface area contributed by atoms with Gasteiger partial charge in [0.1, 0.15) is 5.76 Å². The van der Waals surface area contributed by atoms with E-state index < -0.39 is 0 Å². The Morgan fingerprint density at radius 2 is 2.50 bits per heavy atom. The fraction of sp³-hybridized carbons (Fsp3) is 0.